The molecule has 1 aromatic carbocycles. The maximum atomic E-state index is 13.0. The van der Waals surface area contributed by atoms with Crippen molar-refractivity contribution < 1.29 is 8.42 Å². The molecule has 1 fully saturated rings. The molecule has 1 aliphatic rings. The highest BCUT2D eigenvalue weighted by Gasteiger charge is 2.29. The molecule has 0 aliphatic heterocycles. The Morgan fingerprint density at radius 2 is 1.87 bits per heavy atom. The predicted octanol–water partition coefficient (Wildman–Crippen LogP) is 4.87. The van der Waals surface area contributed by atoms with E-state index in [1.807, 2.05) is 13.1 Å². The lowest BCUT2D eigenvalue weighted by Crippen LogP contribution is -2.24. The largest absolute Gasteiger partial charge is 0.313 e. The molecule has 0 spiro atoms. The highest BCUT2D eigenvalue weighted by Crippen LogP contribution is 2.34. The molecule has 1 saturated carbocycles. The van der Waals surface area contributed by atoms with Gasteiger partial charge in [-0.3, -0.25) is 4.79 Å². The van der Waals surface area contributed by atoms with Gasteiger partial charge in [0.05, 0.1) is 22.0 Å². The van der Waals surface area contributed by atoms with Crippen molar-refractivity contribution in [3.8, 4) is 16.8 Å². The van der Waals surface area contributed by atoms with E-state index in [4.69, 9.17) is 11.6 Å². The van der Waals surface area contributed by atoms with Crippen LogP contribution in [0.15, 0.2) is 58.6 Å². The monoisotopic (exact) mass is 459 g/mol. The molecule has 0 amide bonds. The molecule has 2 heterocycles. The van der Waals surface area contributed by atoms with Gasteiger partial charge in [-0.15, -0.1) is 0 Å². The molecular weight excluding hydrogens is 434 g/mol. The Morgan fingerprint density at radius 3 is 2.58 bits per heavy atom. The van der Waals surface area contributed by atoms with Gasteiger partial charge in [0.1, 0.15) is 0 Å². The summed E-state index contributed by atoms with van der Waals surface area (Å²) in [5, 5.41) is 4.47. The molecule has 0 N–H and O–H groups in total. The van der Waals surface area contributed by atoms with Gasteiger partial charge in [0, 0.05) is 41.2 Å². The van der Waals surface area contributed by atoms with E-state index in [9.17, 15) is 13.2 Å². The Bertz CT molecular complexity index is 1240. The van der Waals surface area contributed by atoms with E-state index in [-0.39, 0.29) is 15.7 Å². The number of sulfone groups is 1. The van der Waals surface area contributed by atoms with Crippen molar-refractivity contribution in [1.29, 1.82) is 0 Å². The zero-order valence-electron chi connectivity index (χ0n) is 17.5. The summed E-state index contributed by atoms with van der Waals surface area (Å²) in [6.45, 7) is 2.66. The molecule has 6 nitrogen and oxygen atoms in total. The van der Waals surface area contributed by atoms with E-state index in [0.29, 0.717) is 24.4 Å². The minimum Gasteiger partial charge on any atom is -0.313 e. The molecule has 0 atom stereocenters. The molecule has 0 radical (unpaired) electrons. The summed E-state index contributed by atoms with van der Waals surface area (Å²) in [4.78, 5) is 12.2. The average molecular weight is 460 g/mol. The van der Waals surface area contributed by atoms with E-state index in [2.05, 4.69) is 5.10 Å². The van der Waals surface area contributed by atoms with Gasteiger partial charge in [0.15, 0.2) is 9.84 Å². The number of rotatable bonds is 6. The van der Waals surface area contributed by atoms with Crippen molar-refractivity contribution in [2.24, 2.45) is 0 Å². The Hall–Kier alpha value is -2.38. The molecule has 0 bridgehead atoms. The fraction of sp³-hybridized carbons (Fsp3) is 0.391. The topological polar surface area (TPSA) is 74.0 Å². The number of pyridine rings is 1. The lowest BCUT2D eigenvalue weighted by molar-refractivity contribution is 0.483. The molecule has 31 heavy (non-hydrogen) atoms. The standard InChI is InChI=1S/C23H26ClN3O3S/c1-2-12-26-16-18(8-11-23(26)28)27-15-17(14-25-27)21-10-9-20(13-22(21)24)31(29,30)19-6-4-3-5-7-19/h8-11,13-16,19H,2-7,12H2,1H3. The van der Waals surface area contributed by atoms with Crippen LogP contribution in [0.3, 0.4) is 0 Å². The van der Waals surface area contributed by atoms with Gasteiger partial charge < -0.3 is 4.57 Å². The maximum Gasteiger partial charge on any atom is 0.250 e. The van der Waals surface area contributed by atoms with E-state index < -0.39 is 9.84 Å². The van der Waals surface area contributed by atoms with E-state index in [0.717, 1.165) is 42.5 Å². The molecule has 0 saturated heterocycles. The van der Waals surface area contributed by atoms with Crippen LogP contribution in [0.25, 0.3) is 16.8 Å². The van der Waals surface area contributed by atoms with Crippen LogP contribution in [-0.2, 0) is 16.4 Å². The SMILES string of the molecule is CCCn1cc(-n2cc(-c3ccc(S(=O)(=O)C4CCCCC4)cc3Cl)cn2)ccc1=O. The summed E-state index contributed by atoms with van der Waals surface area (Å²) in [6.07, 6.45) is 10.6. The second-order valence-corrected chi connectivity index (χ2v) is 10.7. The first-order valence-electron chi connectivity index (χ1n) is 10.7. The summed E-state index contributed by atoms with van der Waals surface area (Å²) >= 11 is 6.50. The Balaban J connectivity index is 1.62. The molecule has 0 unspecified atom stereocenters. The smallest absolute Gasteiger partial charge is 0.250 e. The summed E-state index contributed by atoms with van der Waals surface area (Å²) in [7, 11) is -3.37. The second kappa shape index (κ2) is 9.01. The highest BCUT2D eigenvalue weighted by atomic mass is 35.5. The van der Waals surface area contributed by atoms with Crippen LogP contribution < -0.4 is 5.56 Å². The van der Waals surface area contributed by atoms with Gasteiger partial charge in [-0.25, -0.2) is 13.1 Å². The minimum atomic E-state index is -3.37. The summed E-state index contributed by atoms with van der Waals surface area (Å²) in [5.74, 6) is 0. The normalized spacial score (nSPS) is 15.3. The van der Waals surface area contributed by atoms with Crippen molar-refractivity contribution in [3.05, 3.63) is 64.3 Å². The highest BCUT2D eigenvalue weighted by molar-refractivity contribution is 7.92. The second-order valence-electron chi connectivity index (χ2n) is 8.04. The minimum absolute atomic E-state index is 0.0456. The van der Waals surface area contributed by atoms with Gasteiger partial charge in [0.25, 0.3) is 5.56 Å². The molecular formula is C23H26ClN3O3S. The summed E-state index contributed by atoms with van der Waals surface area (Å²) < 4.78 is 29.3. The predicted molar refractivity (Wildman–Crippen MR) is 123 cm³/mol. The number of aryl methyl sites for hydroxylation is 1. The van der Waals surface area contributed by atoms with Gasteiger partial charge >= 0.3 is 0 Å². The first kappa shape index (κ1) is 21.8. The zero-order chi connectivity index (χ0) is 22.0. The van der Waals surface area contributed by atoms with Crippen molar-refractivity contribution in [3.63, 3.8) is 0 Å². The summed E-state index contributed by atoms with van der Waals surface area (Å²) in [5.41, 5.74) is 2.22. The molecule has 1 aliphatic carbocycles. The maximum absolute atomic E-state index is 13.0. The fourth-order valence-corrected chi connectivity index (χ4v) is 6.38. The number of hydrogen-bond acceptors (Lipinski definition) is 4. The Labute approximate surface area is 187 Å². The van der Waals surface area contributed by atoms with Gasteiger partial charge in [-0.1, -0.05) is 43.9 Å². The van der Waals surface area contributed by atoms with Gasteiger partial charge in [0.2, 0.25) is 0 Å². The lowest BCUT2D eigenvalue weighted by atomic mass is 10.0. The van der Waals surface area contributed by atoms with Crippen molar-refractivity contribution in [1.82, 2.24) is 14.3 Å². The van der Waals surface area contributed by atoms with E-state index in [1.54, 1.807) is 45.9 Å². The fourth-order valence-electron chi connectivity index (χ4n) is 4.15. The van der Waals surface area contributed by atoms with Crippen LogP contribution in [0.2, 0.25) is 5.02 Å². The van der Waals surface area contributed by atoms with Crippen molar-refractivity contribution >= 4 is 21.4 Å². The number of benzene rings is 1. The van der Waals surface area contributed by atoms with Crippen LogP contribution in [0.5, 0.6) is 0 Å². The number of nitrogens with zero attached hydrogens (tertiary/aromatic N) is 3. The van der Waals surface area contributed by atoms with Crippen LogP contribution in [0.1, 0.15) is 45.4 Å². The third-order valence-corrected chi connectivity index (χ3v) is 8.42. The molecule has 4 rings (SSSR count). The summed E-state index contributed by atoms with van der Waals surface area (Å²) in [6, 6.07) is 8.21. The molecule has 164 valence electrons. The number of aromatic nitrogens is 3. The zero-order valence-corrected chi connectivity index (χ0v) is 19.1. The van der Waals surface area contributed by atoms with Crippen LogP contribution in [-0.4, -0.2) is 28.0 Å². The molecule has 3 aromatic rings. The van der Waals surface area contributed by atoms with Crippen molar-refractivity contribution in [2.75, 3.05) is 0 Å². The Morgan fingerprint density at radius 1 is 1.10 bits per heavy atom. The van der Waals surface area contributed by atoms with E-state index >= 15 is 0 Å². The van der Waals surface area contributed by atoms with Gasteiger partial charge in [-0.2, -0.15) is 5.10 Å². The molecule has 8 heteroatoms. The Kier molecular flexibility index (Phi) is 6.34. The van der Waals surface area contributed by atoms with Gasteiger partial charge in [-0.05, 0) is 37.5 Å². The number of halogens is 1. The van der Waals surface area contributed by atoms with Crippen LogP contribution in [0.4, 0.5) is 0 Å². The first-order valence-corrected chi connectivity index (χ1v) is 12.6. The van der Waals surface area contributed by atoms with E-state index in [1.165, 1.54) is 6.07 Å². The van der Waals surface area contributed by atoms with Crippen molar-refractivity contribution in [2.45, 2.75) is 62.1 Å². The van der Waals surface area contributed by atoms with Crippen LogP contribution >= 0.6 is 11.6 Å². The third kappa shape index (κ3) is 4.48. The molecule has 2 aromatic heterocycles. The first-order chi connectivity index (χ1) is 14.9. The third-order valence-electron chi connectivity index (χ3n) is 5.85. The average Bonchev–Trinajstić information content (AvgIpc) is 3.26. The lowest BCUT2D eigenvalue weighted by Gasteiger charge is -2.22. The quantitative estimate of drug-likeness (QED) is 0.527. The number of hydrogen-bond donors (Lipinski definition) is 0. The van der Waals surface area contributed by atoms with Crippen LogP contribution in [0, 0.1) is 0 Å².